The van der Waals surface area contributed by atoms with Crippen molar-refractivity contribution in [1.82, 2.24) is 14.8 Å². The highest BCUT2D eigenvalue weighted by Crippen LogP contribution is 2.60. The largest absolute Gasteiger partial charge is 0.497 e. The number of benzene rings is 2. The van der Waals surface area contributed by atoms with Crippen LogP contribution in [0.1, 0.15) is 44.1 Å². The van der Waals surface area contributed by atoms with E-state index in [0.717, 1.165) is 65.0 Å². The summed E-state index contributed by atoms with van der Waals surface area (Å²) in [6.07, 6.45) is 7.40. The summed E-state index contributed by atoms with van der Waals surface area (Å²) in [6, 6.07) is 16.3. The molecule has 4 saturated carbocycles. The fourth-order valence-electron chi connectivity index (χ4n) is 6.95. The summed E-state index contributed by atoms with van der Waals surface area (Å²) in [4.78, 5) is 13.6. The van der Waals surface area contributed by atoms with Gasteiger partial charge in [-0.25, -0.2) is 0 Å². The molecule has 34 heavy (non-hydrogen) atoms. The van der Waals surface area contributed by atoms with Crippen LogP contribution in [0.2, 0.25) is 0 Å². The van der Waals surface area contributed by atoms with Gasteiger partial charge in [0.05, 0.1) is 12.9 Å². The Morgan fingerprint density at radius 3 is 2.18 bits per heavy atom. The first kappa shape index (κ1) is 21.9. The quantitative estimate of drug-likeness (QED) is 0.387. The molecule has 0 saturated heterocycles. The summed E-state index contributed by atoms with van der Waals surface area (Å²) >= 11 is 1.54. The average Bonchev–Trinajstić information content (AvgIpc) is 3.26. The Balaban J connectivity index is 1.29. The van der Waals surface area contributed by atoms with E-state index in [1.54, 1.807) is 18.9 Å². The summed E-state index contributed by atoms with van der Waals surface area (Å²) in [7, 11) is 1.67. The second kappa shape index (κ2) is 8.56. The van der Waals surface area contributed by atoms with Gasteiger partial charge < -0.3 is 4.74 Å². The molecule has 4 aliphatic rings. The van der Waals surface area contributed by atoms with Crippen molar-refractivity contribution >= 4 is 17.5 Å². The van der Waals surface area contributed by atoms with Crippen LogP contribution in [0.5, 0.6) is 5.75 Å². The molecule has 1 aromatic heterocycles. The minimum Gasteiger partial charge on any atom is -0.497 e. The van der Waals surface area contributed by atoms with Gasteiger partial charge in [0.15, 0.2) is 11.0 Å². The Labute approximate surface area is 205 Å². The van der Waals surface area contributed by atoms with Crippen molar-refractivity contribution in [1.29, 1.82) is 0 Å². The molecule has 176 valence electrons. The van der Waals surface area contributed by atoms with Crippen LogP contribution in [-0.2, 0) is 4.79 Å². The van der Waals surface area contributed by atoms with Crippen LogP contribution in [0, 0.1) is 30.1 Å². The lowest BCUT2D eigenvalue weighted by molar-refractivity contribution is -0.141. The molecular formula is C28H31N3O2S. The Morgan fingerprint density at radius 1 is 0.971 bits per heavy atom. The van der Waals surface area contributed by atoms with E-state index in [1.807, 2.05) is 24.3 Å². The molecule has 4 fully saturated rings. The number of Topliss-reactive ketones (excluding diaryl/α,β-unsaturated/α-hetero) is 1. The third-order valence-corrected chi connectivity index (χ3v) is 9.16. The molecule has 4 bridgehead atoms. The number of nitrogens with zero attached hydrogens (tertiary/aromatic N) is 3. The Bertz CT molecular complexity index is 1160. The number of hydrogen-bond acceptors (Lipinski definition) is 5. The van der Waals surface area contributed by atoms with E-state index in [1.165, 1.54) is 24.8 Å². The first-order valence-corrected chi connectivity index (χ1v) is 13.3. The second-order valence-corrected chi connectivity index (χ2v) is 11.6. The van der Waals surface area contributed by atoms with Crippen molar-refractivity contribution in [2.45, 2.75) is 50.6 Å². The molecule has 2 aromatic carbocycles. The average molecular weight is 474 g/mol. The standard InChI is InChI=1S/C28H31N3O2S/c1-18-3-7-23(8-4-18)31-26(22-5-9-24(33-2)10-6-22)29-30-27(31)34-17-25(32)28-14-19-11-20(15-28)13-21(12-19)16-28/h3-10,19-21H,11-17H2,1-2H3. The van der Waals surface area contributed by atoms with Crippen LogP contribution in [0.15, 0.2) is 53.7 Å². The minimum absolute atomic E-state index is 0.0741. The Kier molecular flexibility index (Phi) is 5.51. The van der Waals surface area contributed by atoms with Crippen LogP contribution in [0.25, 0.3) is 17.1 Å². The summed E-state index contributed by atoms with van der Waals surface area (Å²) in [6.45, 7) is 2.08. The maximum atomic E-state index is 13.6. The van der Waals surface area contributed by atoms with Gasteiger partial charge in [0.1, 0.15) is 11.5 Å². The Hall–Kier alpha value is -2.60. The van der Waals surface area contributed by atoms with Gasteiger partial charge in [-0.15, -0.1) is 10.2 Å². The molecule has 0 radical (unpaired) electrons. The number of methoxy groups -OCH3 is 1. The van der Waals surface area contributed by atoms with E-state index in [-0.39, 0.29) is 5.41 Å². The maximum absolute atomic E-state index is 13.6. The molecule has 0 N–H and O–H groups in total. The topological polar surface area (TPSA) is 57.0 Å². The highest BCUT2D eigenvalue weighted by molar-refractivity contribution is 7.99. The lowest BCUT2D eigenvalue weighted by atomic mass is 9.48. The van der Waals surface area contributed by atoms with E-state index >= 15 is 0 Å². The second-order valence-electron chi connectivity index (χ2n) is 10.6. The monoisotopic (exact) mass is 473 g/mol. The lowest BCUT2D eigenvalue weighted by Crippen LogP contribution is -2.50. The number of thioether (sulfide) groups is 1. The molecule has 0 unspecified atom stereocenters. The number of carbonyl (C=O) groups excluding carboxylic acids is 1. The SMILES string of the molecule is COc1ccc(-c2nnc(SCC(=O)C34CC5CC(CC(C5)C3)C4)n2-c2ccc(C)cc2)cc1. The van der Waals surface area contributed by atoms with Gasteiger partial charge in [0.2, 0.25) is 0 Å². The highest BCUT2D eigenvalue weighted by atomic mass is 32.2. The van der Waals surface area contributed by atoms with E-state index < -0.39 is 0 Å². The molecule has 5 nitrogen and oxygen atoms in total. The molecule has 0 aliphatic heterocycles. The number of aryl methyl sites for hydroxylation is 1. The van der Waals surface area contributed by atoms with Crippen molar-refractivity contribution in [2.24, 2.45) is 23.2 Å². The van der Waals surface area contributed by atoms with Gasteiger partial charge in [-0.05, 0) is 99.6 Å². The lowest BCUT2D eigenvalue weighted by Gasteiger charge is -2.56. The zero-order valence-electron chi connectivity index (χ0n) is 19.9. The summed E-state index contributed by atoms with van der Waals surface area (Å²) < 4.78 is 7.40. The normalized spacial score (nSPS) is 27.2. The molecule has 1 heterocycles. The van der Waals surface area contributed by atoms with Crippen LogP contribution in [-0.4, -0.2) is 33.4 Å². The van der Waals surface area contributed by atoms with Gasteiger partial charge in [-0.2, -0.15) is 0 Å². The van der Waals surface area contributed by atoms with Crippen LogP contribution in [0.4, 0.5) is 0 Å². The summed E-state index contributed by atoms with van der Waals surface area (Å²) in [5.74, 6) is 4.81. The highest BCUT2D eigenvalue weighted by Gasteiger charge is 2.54. The Morgan fingerprint density at radius 2 is 1.59 bits per heavy atom. The predicted molar refractivity (Wildman–Crippen MR) is 134 cm³/mol. The molecule has 0 atom stereocenters. The fraction of sp³-hybridized carbons (Fsp3) is 0.464. The molecular weight excluding hydrogens is 442 g/mol. The number of aromatic nitrogens is 3. The van der Waals surface area contributed by atoms with Crippen LogP contribution in [0.3, 0.4) is 0 Å². The summed E-state index contributed by atoms with van der Waals surface area (Å²) in [5.41, 5.74) is 3.10. The van der Waals surface area contributed by atoms with Crippen molar-refractivity contribution in [3.8, 4) is 22.8 Å². The van der Waals surface area contributed by atoms with Gasteiger partial charge in [0.25, 0.3) is 0 Å². The van der Waals surface area contributed by atoms with Crippen molar-refractivity contribution in [3.63, 3.8) is 0 Å². The smallest absolute Gasteiger partial charge is 0.196 e. The molecule has 4 aliphatic carbocycles. The molecule has 0 spiro atoms. The van der Waals surface area contributed by atoms with Crippen molar-refractivity contribution < 1.29 is 9.53 Å². The summed E-state index contributed by atoms with van der Waals surface area (Å²) in [5, 5.41) is 9.87. The number of carbonyl (C=O) groups is 1. The van der Waals surface area contributed by atoms with Gasteiger partial charge in [-0.3, -0.25) is 9.36 Å². The third-order valence-electron chi connectivity index (χ3n) is 8.24. The van der Waals surface area contributed by atoms with Crippen LogP contribution < -0.4 is 4.74 Å². The molecule has 3 aromatic rings. The van der Waals surface area contributed by atoms with E-state index in [9.17, 15) is 4.79 Å². The van der Waals surface area contributed by atoms with E-state index in [0.29, 0.717) is 11.5 Å². The first-order valence-electron chi connectivity index (χ1n) is 12.4. The van der Waals surface area contributed by atoms with Crippen molar-refractivity contribution in [3.05, 3.63) is 54.1 Å². The van der Waals surface area contributed by atoms with E-state index in [2.05, 4.69) is 46.0 Å². The first-order chi connectivity index (χ1) is 16.5. The number of hydrogen-bond donors (Lipinski definition) is 0. The predicted octanol–water partition coefficient (Wildman–Crippen LogP) is 6.13. The number of rotatable bonds is 7. The molecule has 7 rings (SSSR count). The number of ketones is 1. The third kappa shape index (κ3) is 3.86. The molecule has 6 heteroatoms. The van der Waals surface area contributed by atoms with Gasteiger partial charge in [0, 0.05) is 16.7 Å². The van der Waals surface area contributed by atoms with Crippen molar-refractivity contribution in [2.75, 3.05) is 12.9 Å². The fourth-order valence-corrected chi connectivity index (χ4v) is 7.94. The van der Waals surface area contributed by atoms with Crippen LogP contribution >= 0.6 is 11.8 Å². The van der Waals surface area contributed by atoms with E-state index in [4.69, 9.17) is 4.74 Å². The van der Waals surface area contributed by atoms with Gasteiger partial charge in [-0.1, -0.05) is 29.5 Å². The van der Waals surface area contributed by atoms with Gasteiger partial charge >= 0.3 is 0 Å². The number of ether oxygens (including phenoxy) is 1. The minimum atomic E-state index is -0.0741. The zero-order chi connectivity index (χ0) is 23.3. The maximum Gasteiger partial charge on any atom is 0.196 e. The molecule has 0 amide bonds. The zero-order valence-corrected chi connectivity index (χ0v) is 20.7.